The van der Waals surface area contributed by atoms with Gasteiger partial charge in [-0.2, -0.15) is 0 Å². The summed E-state index contributed by atoms with van der Waals surface area (Å²) in [5.74, 6) is 1.13. The number of methoxy groups -OCH3 is 1. The number of nitrogens with one attached hydrogen (secondary N) is 2. The van der Waals surface area contributed by atoms with E-state index in [-0.39, 0.29) is 5.91 Å². The summed E-state index contributed by atoms with van der Waals surface area (Å²) in [4.78, 5) is 13.9. The Bertz CT molecular complexity index is 626. The zero-order chi connectivity index (χ0) is 16.7. The summed E-state index contributed by atoms with van der Waals surface area (Å²) in [7, 11) is 5.52. The smallest absolute Gasteiger partial charge is 0.271 e. The number of benzene rings is 1. The Labute approximate surface area is 135 Å². The van der Waals surface area contributed by atoms with Gasteiger partial charge in [-0.05, 0) is 50.5 Å². The topological polar surface area (TPSA) is 79.4 Å². The molecule has 1 aromatic heterocycles. The molecule has 0 fully saturated rings. The summed E-state index contributed by atoms with van der Waals surface area (Å²) in [5.41, 5.74) is 1.16. The molecule has 0 saturated heterocycles. The molecular formula is C16H21N5O2. The third-order valence-electron chi connectivity index (χ3n) is 3.10. The van der Waals surface area contributed by atoms with Crippen LogP contribution in [0.1, 0.15) is 10.5 Å². The van der Waals surface area contributed by atoms with Gasteiger partial charge in [0.2, 0.25) is 0 Å². The molecule has 0 radical (unpaired) electrons. The third-order valence-corrected chi connectivity index (χ3v) is 3.10. The van der Waals surface area contributed by atoms with Crippen LogP contribution in [-0.2, 0) is 0 Å². The molecule has 7 heteroatoms. The number of hydrogen-bond acceptors (Lipinski definition) is 6. The van der Waals surface area contributed by atoms with Crippen molar-refractivity contribution in [2.75, 3.05) is 39.6 Å². The summed E-state index contributed by atoms with van der Waals surface area (Å²) in [6.45, 7) is 1.34. The molecule has 0 aliphatic rings. The molecule has 122 valence electrons. The van der Waals surface area contributed by atoms with Gasteiger partial charge in [0.25, 0.3) is 5.91 Å². The zero-order valence-electron chi connectivity index (χ0n) is 13.5. The molecule has 0 aliphatic heterocycles. The fourth-order valence-corrected chi connectivity index (χ4v) is 1.83. The van der Waals surface area contributed by atoms with Gasteiger partial charge in [-0.3, -0.25) is 4.79 Å². The second kappa shape index (κ2) is 8.09. The molecule has 1 aromatic carbocycles. The highest BCUT2D eigenvalue weighted by Crippen LogP contribution is 2.18. The molecule has 0 spiro atoms. The molecule has 0 aliphatic carbocycles. The lowest BCUT2D eigenvalue weighted by Crippen LogP contribution is -2.31. The summed E-state index contributed by atoms with van der Waals surface area (Å²) < 4.78 is 5.11. The van der Waals surface area contributed by atoms with E-state index >= 15 is 0 Å². The van der Waals surface area contributed by atoms with E-state index in [1.165, 1.54) is 0 Å². The van der Waals surface area contributed by atoms with Crippen molar-refractivity contribution in [1.82, 2.24) is 20.4 Å². The van der Waals surface area contributed by atoms with Gasteiger partial charge >= 0.3 is 0 Å². The fraction of sp³-hybridized carbons (Fsp3) is 0.312. The number of hydrogen-bond donors (Lipinski definition) is 2. The highest BCUT2D eigenvalue weighted by atomic mass is 16.5. The summed E-state index contributed by atoms with van der Waals surface area (Å²) >= 11 is 0. The number of rotatable bonds is 7. The second-order valence-electron chi connectivity index (χ2n) is 5.22. The van der Waals surface area contributed by atoms with Gasteiger partial charge in [-0.15, -0.1) is 10.2 Å². The lowest BCUT2D eigenvalue weighted by molar-refractivity contribution is 0.0945. The number of carbonyl (C=O) groups excluding carboxylic acids is 1. The van der Waals surface area contributed by atoms with Crippen LogP contribution in [0.25, 0.3) is 0 Å². The number of anilines is 2. The van der Waals surface area contributed by atoms with Crippen LogP contribution in [0, 0.1) is 0 Å². The first-order valence-corrected chi connectivity index (χ1v) is 7.26. The highest BCUT2D eigenvalue weighted by Gasteiger charge is 2.07. The number of carbonyl (C=O) groups is 1. The van der Waals surface area contributed by atoms with E-state index in [0.29, 0.717) is 18.1 Å². The van der Waals surface area contributed by atoms with Crippen molar-refractivity contribution in [3.05, 3.63) is 42.1 Å². The predicted octanol–water partition coefficient (Wildman–Crippen LogP) is 1.52. The predicted molar refractivity (Wildman–Crippen MR) is 89.2 cm³/mol. The molecule has 1 heterocycles. The molecule has 0 atom stereocenters. The van der Waals surface area contributed by atoms with Gasteiger partial charge in [0.1, 0.15) is 5.75 Å². The molecule has 2 rings (SSSR count). The molecule has 23 heavy (non-hydrogen) atoms. The first-order chi connectivity index (χ1) is 11.1. The third kappa shape index (κ3) is 5.23. The van der Waals surface area contributed by atoms with Crippen LogP contribution in [0.4, 0.5) is 11.5 Å². The van der Waals surface area contributed by atoms with E-state index in [9.17, 15) is 4.79 Å². The molecule has 0 unspecified atom stereocenters. The van der Waals surface area contributed by atoms with Gasteiger partial charge in [0.05, 0.1) is 7.11 Å². The van der Waals surface area contributed by atoms with Crippen molar-refractivity contribution in [3.63, 3.8) is 0 Å². The number of nitrogens with zero attached hydrogens (tertiary/aromatic N) is 3. The number of ether oxygens (including phenoxy) is 1. The van der Waals surface area contributed by atoms with Crippen LogP contribution in [0.3, 0.4) is 0 Å². The van der Waals surface area contributed by atoms with Crippen molar-refractivity contribution in [2.24, 2.45) is 0 Å². The summed E-state index contributed by atoms with van der Waals surface area (Å²) in [5, 5.41) is 13.9. The lowest BCUT2D eigenvalue weighted by Gasteiger charge is -2.10. The molecular weight excluding hydrogens is 294 g/mol. The monoisotopic (exact) mass is 315 g/mol. The zero-order valence-corrected chi connectivity index (χ0v) is 13.5. The van der Waals surface area contributed by atoms with Crippen LogP contribution >= 0.6 is 0 Å². The van der Waals surface area contributed by atoms with Gasteiger partial charge in [0.15, 0.2) is 11.5 Å². The van der Waals surface area contributed by atoms with E-state index in [1.807, 2.05) is 43.3 Å². The minimum atomic E-state index is -0.227. The van der Waals surface area contributed by atoms with Crippen LogP contribution in [0.2, 0.25) is 0 Å². The van der Waals surface area contributed by atoms with Gasteiger partial charge < -0.3 is 20.3 Å². The van der Waals surface area contributed by atoms with Gasteiger partial charge in [-0.25, -0.2) is 0 Å². The van der Waals surface area contributed by atoms with Crippen LogP contribution in [0.15, 0.2) is 36.4 Å². The highest BCUT2D eigenvalue weighted by molar-refractivity contribution is 5.92. The Balaban J connectivity index is 1.91. The maximum atomic E-state index is 11.9. The van der Waals surface area contributed by atoms with E-state index in [0.717, 1.165) is 18.0 Å². The van der Waals surface area contributed by atoms with E-state index in [2.05, 4.69) is 20.8 Å². The minimum Gasteiger partial charge on any atom is -0.497 e. The van der Waals surface area contributed by atoms with E-state index in [1.54, 1.807) is 19.2 Å². The molecule has 2 aromatic rings. The molecule has 1 amide bonds. The van der Waals surface area contributed by atoms with E-state index < -0.39 is 0 Å². The molecule has 0 saturated carbocycles. The van der Waals surface area contributed by atoms with Gasteiger partial charge in [-0.1, -0.05) is 0 Å². The van der Waals surface area contributed by atoms with Crippen LogP contribution in [-0.4, -0.2) is 55.3 Å². The SMILES string of the molecule is COc1ccc(Nc2ccc(C(=O)NCCN(C)C)nn2)cc1. The van der Waals surface area contributed by atoms with Crippen molar-refractivity contribution in [1.29, 1.82) is 0 Å². The summed E-state index contributed by atoms with van der Waals surface area (Å²) in [6.07, 6.45) is 0. The Morgan fingerprint density at radius 2 is 1.87 bits per heavy atom. The Morgan fingerprint density at radius 1 is 1.13 bits per heavy atom. The Kier molecular flexibility index (Phi) is 5.87. The minimum absolute atomic E-state index is 0.227. The molecule has 7 nitrogen and oxygen atoms in total. The maximum absolute atomic E-state index is 11.9. The quantitative estimate of drug-likeness (QED) is 0.806. The Hall–Kier alpha value is -2.67. The first-order valence-electron chi connectivity index (χ1n) is 7.26. The average molecular weight is 315 g/mol. The summed E-state index contributed by atoms with van der Waals surface area (Å²) in [6, 6.07) is 10.8. The average Bonchev–Trinajstić information content (AvgIpc) is 2.56. The number of amides is 1. The van der Waals surface area contributed by atoms with Crippen molar-refractivity contribution >= 4 is 17.4 Å². The Morgan fingerprint density at radius 3 is 2.43 bits per heavy atom. The standard InChI is InChI=1S/C16H21N5O2/c1-21(2)11-10-17-16(22)14-8-9-15(20-19-14)18-12-4-6-13(23-3)7-5-12/h4-9H,10-11H2,1-3H3,(H,17,22)(H,18,20). The molecule has 2 N–H and O–H groups in total. The van der Waals surface area contributed by atoms with Crippen molar-refractivity contribution in [2.45, 2.75) is 0 Å². The lowest BCUT2D eigenvalue weighted by atomic mass is 10.3. The first kappa shape index (κ1) is 16.7. The van der Waals surface area contributed by atoms with Crippen LogP contribution in [0.5, 0.6) is 5.75 Å². The largest absolute Gasteiger partial charge is 0.497 e. The van der Waals surface area contributed by atoms with Crippen molar-refractivity contribution in [3.8, 4) is 5.75 Å². The van der Waals surface area contributed by atoms with Crippen LogP contribution < -0.4 is 15.4 Å². The van der Waals surface area contributed by atoms with Gasteiger partial charge in [0, 0.05) is 18.8 Å². The number of aromatic nitrogens is 2. The maximum Gasteiger partial charge on any atom is 0.271 e. The molecule has 0 bridgehead atoms. The fourth-order valence-electron chi connectivity index (χ4n) is 1.83. The normalized spacial score (nSPS) is 10.4. The van der Waals surface area contributed by atoms with Crippen molar-refractivity contribution < 1.29 is 9.53 Å². The second-order valence-corrected chi connectivity index (χ2v) is 5.22. The number of likely N-dealkylation sites (N-methyl/N-ethyl adjacent to an activating group) is 1. The van der Waals surface area contributed by atoms with E-state index in [4.69, 9.17) is 4.74 Å².